The third kappa shape index (κ3) is 2.00. The van der Waals surface area contributed by atoms with Gasteiger partial charge in [-0.2, -0.15) is 0 Å². The van der Waals surface area contributed by atoms with Crippen molar-refractivity contribution in [3.8, 4) is 0 Å². The van der Waals surface area contributed by atoms with Crippen molar-refractivity contribution in [3.05, 3.63) is 30.0 Å². The summed E-state index contributed by atoms with van der Waals surface area (Å²) in [5.41, 5.74) is 2.68. The molecule has 1 aromatic heterocycles. The monoisotopic (exact) mass is 289 g/mol. The number of fused-ring (bicyclic) bond motifs is 1. The molecule has 5 heteroatoms. The smallest absolute Gasteiger partial charge is 0.399 e. The largest absolute Gasteiger partial charge is 0.497 e. The van der Waals surface area contributed by atoms with Gasteiger partial charge in [-0.05, 0) is 40.7 Å². The van der Waals surface area contributed by atoms with Crippen molar-refractivity contribution < 1.29 is 9.31 Å². The van der Waals surface area contributed by atoms with Gasteiger partial charge in [-0.25, -0.2) is 0 Å². The van der Waals surface area contributed by atoms with E-state index in [2.05, 4.69) is 65.6 Å². The fraction of sp³-hybridized carbons (Fsp3) is 0.467. The summed E-state index contributed by atoms with van der Waals surface area (Å²) in [5.74, 6) is 0. The topological polar surface area (TPSA) is 23.4 Å². The maximum Gasteiger partial charge on any atom is 0.497 e. The Kier molecular flexibility index (Phi) is 3.02. The van der Waals surface area contributed by atoms with E-state index in [9.17, 15) is 0 Å². The lowest BCUT2D eigenvalue weighted by atomic mass is 9.79. The van der Waals surface area contributed by atoms with Gasteiger partial charge in [0, 0.05) is 17.0 Å². The van der Waals surface area contributed by atoms with Crippen molar-refractivity contribution in [1.29, 1.82) is 0 Å². The van der Waals surface area contributed by atoms with E-state index in [1.165, 1.54) is 5.56 Å². The van der Waals surface area contributed by atoms with E-state index < -0.39 is 0 Å². The minimum atomic E-state index is -0.349. The maximum absolute atomic E-state index is 6.14. The molecule has 0 N–H and O–H groups in total. The summed E-state index contributed by atoms with van der Waals surface area (Å²) in [6.45, 7) is 10.4. The van der Waals surface area contributed by atoms with Crippen LogP contribution in [0.4, 0.5) is 0 Å². The average molecular weight is 289 g/mol. The molecule has 1 fully saturated rings. The second-order valence-corrected chi connectivity index (χ2v) is 6.97. The minimum Gasteiger partial charge on any atom is -0.399 e. The second kappa shape index (κ2) is 4.29. The summed E-state index contributed by atoms with van der Waals surface area (Å²) < 4.78 is 14.1. The number of thiol groups is 1. The standard InChI is InChI=1S/C15H20BNO2S/c1-10-6-7-13-11(8-10)12(9-17(13)20)16-18-14(2,3)15(4,5)19-16/h6-9,20H,1-5H3. The molecule has 0 aliphatic carbocycles. The fourth-order valence-corrected chi connectivity index (χ4v) is 2.81. The van der Waals surface area contributed by atoms with Crippen LogP contribution < -0.4 is 5.46 Å². The molecule has 20 heavy (non-hydrogen) atoms. The Morgan fingerprint density at radius 1 is 1.10 bits per heavy atom. The van der Waals surface area contributed by atoms with Gasteiger partial charge in [-0.1, -0.05) is 30.5 Å². The van der Waals surface area contributed by atoms with Crippen molar-refractivity contribution in [2.45, 2.75) is 45.8 Å². The Morgan fingerprint density at radius 2 is 1.70 bits per heavy atom. The lowest BCUT2D eigenvalue weighted by Gasteiger charge is -2.32. The Morgan fingerprint density at radius 3 is 2.30 bits per heavy atom. The summed E-state index contributed by atoms with van der Waals surface area (Å²) in [7, 11) is -0.349. The van der Waals surface area contributed by atoms with Crippen molar-refractivity contribution in [2.75, 3.05) is 0 Å². The predicted octanol–water partition coefficient (Wildman–Crippen LogP) is 2.94. The maximum atomic E-state index is 6.14. The van der Waals surface area contributed by atoms with Crippen LogP contribution in [0.15, 0.2) is 24.4 Å². The highest BCUT2D eigenvalue weighted by Crippen LogP contribution is 2.37. The summed E-state index contributed by atoms with van der Waals surface area (Å²) in [6.07, 6.45) is 1.98. The zero-order chi connectivity index (χ0) is 14.7. The van der Waals surface area contributed by atoms with Gasteiger partial charge >= 0.3 is 7.12 Å². The van der Waals surface area contributed by atoms with E-state index in [1.807, 2.05) is 10.2 Å². The van der Waals surface area contributed by atoms with Gasteiger partial charge in [0.05, 0.1) is 16.7 Å². The minimum absolute atomic E-state index is 0.327. The summed E-state index contributed by atoms with van der Waals surface area (Å²) in [5, 5.41) is 1.14. The molecule has 0 radical (unpaired) electrons. The average Bonchev–Trinajstić information content (AvgIpc) is 2.74. The first-order chi connectivity index (χ1) is 9.21. The zero-order valence-corrected chi connectivity index (χ0v) is 13.5. The Bertz CT molecular complexity index is 662. The van der Waals surface area contributed by atoms with Crippen molar-refractivity contribution in [3.63, 3.8) is 0 Å². The molecule has 0 unspecified atom stereocenters. The molecule has 3 rings (SSSR count). The molecule has 0 amide bonds. The summed E-state index contributed by atoms with van der Waals surface area (Å²) in [6, 6.07) is 6.32. The molecule has 1 saturated heterocycles. The summed E-state index contributed by atoms with van der Waals surface area (Å²) in [4.78, 5) is 0. The highest BCUT2D eigenvalue weighted by molar-refractivity contribution is 7.78. The molecule has 3 nitrogen and oxygen atoms in total. The van der Waals surface area contributed by atoms with Crippen LogP contribution in [0.1, 0.15) is 33.3 Å². The van der Waals surface area contributed by atoms with Crippen LogP contribution in [-0.4, -0.2) is 22.3 Å². The third-order valence-corrected chi connectivity index (χ3v) is 4.81. The molecule has 2 aromatic rings. The van der Waals surface area contributed by atoms with Gasteiger partial charge < -0.3 is 9.31 Å². The molecule has 1 aliphatic rings. The molecule has 0 saturated carbocycles. The van der Waals surface area contributed by atoms with Gasteiger partial charge in [0.15, 0.2) is 0 Å². The quantitative estimate of drug-likeness (QED) is 0.644. The van der Waals surface area contributed by atoms with Crippen LogP contribution in [0, 0.1) is 6.92 Å². The first-order valence-corrected chi connectivity index (χ1v) is 7.28. The first-order valence-electron chi connectivity index (χ1n) is 6.88. The van der Waals surface area contributed by atoms with Gasteiger partial charge in [-0.15, -0.1) is 0 Å². The van der Waals surface area contributed by atoms with Gasteiger partial charge in [0.25, 0.3) is 0 Å². The predicted molar refractivity (Wildman–Crippen MR) is 86.8 cm³/mol. The van der Waals surface area contributed by atoms with Crippen molar-refractivity contribution in [2.24, 2.45) is 0 Å². The Hall–Kier alpha value is -0.905. The van der Waals surface area contributed by atoms with Gasteiger partial charge in [0.1, 0.15) is 0 Å². The molecule has 1 aromatic carbocycles. The molecule has 2 heterocycles. The van der Waals surface area contributed by atoms with Crippen LogP contribution in [-0.2, 0) is 9.31 Å². The van der Waals surface area contributed by atoms with E-state index in [4.69, 9.17) is 9.31 Å². The molecule has 0 spiro atoms. The molecular formula is C15H20BNO2S. The van der Waals surface area contributed by atoms with Crippen LogP contribution in [0.5, 0.6) is 0 Å². The van der Waals surface area contributed by atoms with E-state index in [1.54, 1.807) is 0 Å². The number of rotatable bonds is 1. The zero-order valence-electron chi connectivity index (χ0n) is 12.6. The number of hydrogen-bond donors (Lipinski definition) is 1. The van der Waals surface area contributed by atoms with Crippen molar-refractivity contribution in [1.82, 2.24) is 3.97 Å². The lowest BCUT2D eigenvalue weighted by Crippen LogP contribution is -2.41. The summed E-state index contributed by atoms with van der Waals surface area (Å²) >= 11 is 4.49. The van der Waals surface area contributed by atoms with Crippen molar-refractivity contribution >= 4 is 36.3 Å². The number of aromatic nitrogens is 1. The lowest BCUT2D eigenvalue weighted by molar-refractivity contribution is 0.00578. The highest BCUT2D eigenvalue weighted by atomic mass is 32.1. The van der Waals surface area contributed by atoms with Gasteiger partial charge in [-0.3, -0.25) is 3.97 Å². The Balaban J connectivity index is 2.10. The van der Waals surface area contributed by atoms with Crippen LogP contribution in [0.25, 0.3) is 10.9 Å². The molecule has 0 bridgehead atoms. The molecular weight excluding hydrogens is 269 g/mol. The SMILES string of the molecule is Cc1ccc2c(c1)c(B1OC(C)(C)C(C)(C)O1)cn2S. The first kappa shape index (κ1) is 14.0. The van der Waals surface area contributed by atoms with E-state index in [-0.39, 0.29) is 18.3 Å². The van der Waals surface area contributed by atoms with E-state index >= 15 is 0 Å². The highest BCUT2D eigenvalue weighted by Gasteiger charge is 2.52. The normalized spacial score (nSPS) is 20.8. The third-order valence-electron chi connectivity index (χ3n) is 4.48. The van der Waals surface area contributed by atoms with E-state index in [0.717, 1.165) is 16.4 Å². The number of benzene rings is 1. The number of nitrogens with zero attached hydrogens (tertiary/aromatic N) is 1. The van der Waals surface area contributed by atoms with Crippen LogP contribution in [0.2, 0.25) is 0 Å². The van der Waals surface area contributed by atoms with Crippen LogP contribution in [0.3, 0.4) is 0 Å². The molecule has 0 atom stereocenters. The molecule has 106 valence electrons. The molecule has 1 aliphatic heterocycles. The fourth-order valence-electron chi connectivity index (χ4n) is 2.51. The second-order valence-electron chi connectivity index (χ2n) is 6.54. The van der Waals surface area contributed by atoms with Crippen LogP contribution >= 0.6 is 12.8 Å². The Labute approximate surface area is 125 Å². The number of hydrogen-bond acceptors (Lipinski definition) is 3. The van der Waals surface area contributed by atoms with E-state index in [0.29, 0.717) is 0 Å². The van der Waals surface area contributed by atoms with Gasteiger partial charge in [0.2, 0.25) is 0 Å². The number of aryl methyl sites for hydroxylation is 1.